The van der Waals surface area contributed by atoms with E-state index in [9.17, 15) is 14.0 Å². The number of carbonyl (C=O) groups is 2. The number of rotatable bonds is 9. The number of ether oxygens (including phenoxy) is 2. The summed E-state index contributed by atoms with van der Waals surface area (Å²) in [6.45, 7) is 0.330. The normalized spacial score (nSPS) is 11.4. The van der Waals surface area contributed by atoms with E-state index in [2.05, 4.69) is 10.3 Å². The third-order valence-electron chi connectivity index (χ3n) is 4.63. The fourth-order valence-corrected chi connectivity index (χ4v) is 2.97. The molecule has 1 amide bonds. The van der Waals surface area contributed by atoms with Crippen LogP contribution in [0, 0.1) is 5.82 Å². The number of pyridine rings is 1. The molecule has 0 saturated carbocycles. The summed E-state index contributed by atoms with van der Waals surface area (Å²) in [6.07, 6.45) is 3.10. The fourth-order valence-electron chi connectivity index (χ4n) is 2.97. The van der Waals surface area contributed by atoms with Crippen LogP contribution < -0.4 is 10.1 Å². The van der Waals surface area contributed by atoms with Crippen molar-refractivity contribution >= 4 is 11.9 Å². The maximum absolute atomic E-state index is 13.3. The number of amides is 1. The van der Waals surface area contributed by atoms with E-state index in [4.69, 9.17) is 9.47 Å². The smallest absolute Gasteiger partial charge is 0.306 e. The van der Waals surface area contributed by atoms with Gasteiger partial charge in [0.2, 0.25) is 0 Å². The average Bonchev–Trinajstić information content (AvgIpc) is 2.81. The van der Waals surface area contributed by atoms with Gasteiger partial charge in [0, 0.05) is 36.5 Å². The van der Waals surface area contributed by atoms with Gasteiger partial charge in [0.05, 0.1) is 7.11 Å². The van der Waals surface area contributed by atoms with Crippen LogP contribution in [0.3, 0.4) is 0 Å². The second kappa shape index (κ2) is 10.9. The third kappa shape index (κ3) is 6.37. The number of aromatic nitrogens is 1. The summed E-state index contributed by atoms with van der Waals surface area (Å²) in [5, 5.41) is 2.78. The Labute approximate surface area is 180 Å². The predicted molar refractivity (Wildman–Crippen MR) is 113 cm³/mol. The van der Waals surface area contributed by atoms with E-state index in [1.165, 1.54) is 12.1 Å². The van der Waals surface area contributed by atoms with E-state index in [0.717, 1.165) is 5.56 Å². The minimum absolute atomic E-state index is 0.131. The Morgan fingerprint density at radius 2 is 1.61 bits per heavy atom. The summed E-state index contributed by atoms with van der Waals surface area (Å²) in [5.41, 5.74) is 1.91. The SMILES string of the molecule is COc1ccc(C(=O)NCCCC(=O)OC(c2ccncc2)c2ccc(F)cc2)cc1. The number of esters is 1. The molecule has 0 aliphatic carbocycles. The van der Waals surface area contributed by atoms with Crippen LogP contribution in [0.2, 0.25) is 0 Å². The zero-order valence-corrected chi connectivity index (χ0v) is 17.1. The van der Waals surface area contributed by atoms with Crippen LogP contribution in [0.25, 0.3) is 0 Å². The number of benzene rings is 2. The standard InChI is InChI=1S/C24H23FN2O4/c1-30-21-10-6-19(7-11-21)24(29)27-14-2-3-22(28)31-23(18-12-15-26-16-13-18)17-4-8-20(25)9-5-17/h4-13,15-16,23H,2-3,14H2,1H3,(H,27,29). The highest BCUT2D eigenvalue weighted by molar-refractivity contribution is 5.94. The molecule has 0 radical (unpaired) electrons. The lowest BCUT2D eigenvalue weighted by atomic mass is 10.0. The molecule has 0 aliphatic rings. The molecule has 6 nitrogen and oxygen atoms in total. The van der Waals surface area contributed by atoms with Crippen LogP contribution in [-0.4, -0.2) is 30.5 Å². The monoisotopic (exact) mass is 422 g/mol. The summed E-state index contributed by atoms with van der Waals surface area (Å²) in [6, 6.07) is 16.1. The maximum Gasteiger partial charge on any atom is 0.306 e. The average molecular weight is 422 g/mol. The van der Waals surface area contributed by atoms with E-state index in [0.29, 0.717) is 29.8 Å². The van der Waals surface area contributed by atoms with Crippen LogP contribution in [0.1, 0.15) is 40.4 Å². The van der Waals surface area contributed by atoms with Gasteiger partial charge >= 0.3 is 5.97 Å². The van der Waals surface area contributed by atoms with Crippen molar-refractivity contribution in [2.24, 2.45) is 0 Å². The first kappa shape index (κ1) is 22.0. The Morgan fingerprint density at radius 3 is 2.26 bits per heavy atom. The molecular weight excluding hydrogens is 399 g/mol. The van der Waals surface area contributed by atoms with Gasteiger partial charge in [0.15, 0.2) is 6.10 Å². The van der Waals surface area contributed by atoms with Crippen LogP contribution in [-0.2, 0) is 9.53 Å². The molecule has 1 aromatic heterocycles. The highest BCUT2D eigenvalue weighted by atomic mass is 19.1. The number of methoxy groups -OCH3 is 1. The van der Waals surface area contributed by atoms with Crippen molar-refractivity contribution in [2.75, 3.05) is 13.7 Å². The first-order chi connectivity index (χ1) is 15.1. The zero-order chi connectivity index (χ0) is 22.1. The number of halogens is 1. The van der Waals surface area contributed by atoms with Crippen molar-refractivity contribution in [1.29, 1.82) is 0 Å². The second-order valence-corrected chi connectivity index (χ2v) is 6.79. The Kier molecular flexibility index (Phi) is 7.70. The molecule has 7 heteroatoms. The number of carbonyl (C=O) groups excluding carboxylic acids is 2. The van der Waals surface area contributed by atoms with E-state index in [1.807, 2.05) is 0 Å². The number of hydrogen-bond acceptors (Lipinski definition) is 5. The number of hydrogen-bond donors (Lipinski definition) is 1. The van der Waals surface area contributed by atoms with Gasteiger partial charge in [-0.05, 0) is 60.5 Å². The van der Waals surface area contributed by atoms with Gasteiger partial charge in [-0.15, -0.1) is 0 Å². The topological polar surface area (TPSA) is 77.5 Å². The van der Waals surface area contributed by atoms with Crippen molar-refractivity contribution in [1.82, 2.24) is 10.3 Å². The molecule has 0 aliphatic heterocycles. The number of nitrogens with zero attached hydrogens (tertiary/aromatic N) is 1. The van der Waals surface area contributed by atoms with E-state index < -0.39 is 12.1 Å². The fraction of sp³-hybridized carbons (Fsp3) is 0.208. The molecule has 1 atom stereocenters. The minimum atomic E-state index is -0.662. The molecule has 2 aromatic carbocycles. The van der Waals surface area contributed by atoms with Gasteiger partial charge in [0.25, 0.3) is 5.91 Å². The van der Waals surface area contributed by atoms with Gasteiger partial charge in [-0.3, -0.25) is 14.6 Å². The molecular formula is C24H23FN2O4. The van der Waals surface area contributed by atoms with Crippen LogP contribution in [0.4, 0.5) is 4.39 Å². The minimum Gasteiger partial charge on any atom is -0.497 e. The lowest BCUT2D eigenvalue weighted by Gasteiger charge is -2.19. The Morgan fingerprint density at radius 1 is 0.968 bits per heavy atom. The second-order valence-electron chi connectivity index (χ2n) is 6.79. The largest absolute Gasteiger partial charge is 0.497 e. The first-order valence-electron chi connectivity index (χ1n) is 9.84. The molecule has 0 fully saturated rings. The summed E-state index contributed by atoms with van der Waals surface area (Å²) in [5.74, 6) is -0.331. The Hall–Kier alpha value is -3.74. The quantitative estimate of drug-likeness (QED) is 0.415. The van der Waals surface area contributed by atoms with Crippen molar-refractivity contribution in [3.63, 3.8) is 0 Å². The summed E-state index contributed by atoms with van der Waals surface area (Å²) in [7, 11) is 1.56. The lowest BCUT2D eigenvalue weighted by Crippen LogP contribution is -2.25. The van der Waals surface area contributed by atoms with Gasteiger partial charge in [-0.25, -0.2) is 4.39 Å². The Balaban J connectivity index is 1.52. The van der Waals surface area contributed by atoms with E-state index >= 15 is 0 Å². The summed E-state index contributed by atoms with van der Waals surface area (Å²) in [4.78, 5) is 28.6. The maximum atomic E-state index is 13.3. The molecule has 1 heterocycles. The number of nitrogens with one attached hydrogen (secondary N) is 1. The van der Waals surface area contributed by atoms with Gasteiger partial charge < -0.3 is 14.8 Å². The zero-order valence-electron chi connectivity index (χ0n) is 17.1. The van der Waals surface area contributed by atoms with E-state index in [1.54, 1.807) is 68.0 Å². The molecule has 0 bridgehead atoms. The van der Waals surface area contributed by atoms with Crippen molar-refractivity contribution in [2.45, 2.75) is 18.9 Å². The third-order valence-corrected chi connectivity index (χ3v) is 4.63. The van der Waals surface area contributed by atoms with Crippen LogP contribution in [0.15, 0.2) is 73.1 Å². The van der Waals surface area contributed by atoms with Crippen molar-refractivity contribution in [3.8, 4) is 5.75 Å². The molecule has 3 rings (SSSR count). The van der Waals surface area contributed by atoms with E-state index in [-0.39, 0.29) is 18.1 Å². The Bertz CT molecular complexity index is 992. The van der Waals surface area contributed by atoms with Crippen LogP contribution in [0.5, 0.6) is 5.75 Å². The highest BCUT2D eigenvalue weighted by Crippen LogP contribution is 2.26. The predicted octanol–water partition coefficient (Wildman–Crippen LogP) is 4.07. The highest BCUT2D eigenvalue weighted by Gasteiger charge is 2.19. The molecule has 1 N–H and O–H groups in total. The van der Waals surface area contributed by atoms with Crippen molar-refractivity contribution < 1.29 is 23.5 Å². The molecule has 0 spiro atoms. The molecule has 1 unspecified atom stereocenters. The van der Waals surface area contributed by atoms with Gasteiger partial charge in [0.1, 0.15) is 11.6 Å². The molecule has 160 valence electrons. The summed E-state index contributed by atoms with van der Waals surface area (Å²) < 4.78 is 24.0. The summed E-state index contributed by atoms with van der Waals surface area (Å²) >= 11 is 0. The van der Waals surface area contributed by atoms with Gasteiger partial charge in [-0.2, -0.15) is 0 Å². The lowest BCUT2D eigenvalue weighted by molar-refractivity contribution is -0.147. The van der Waals surface area contributed by atoms with Crippen molar-refractivity contribution in [3.05, 3.63) is 95.6 Å². The molecule has 3 aromatic rings. The van der Waals surface area contributed by atoms with Gasteiger partial charge in [-0.1, -0.05) is 12.1 Å². The molecule has 0 saturated heterocycles. The molecule has 31 heavy (non-hydrogen) atoms. The van der Waals surface area contributed by atoms with Crippen LogP contribution >= 0.6 is 0 Å². The first-order valence-corrected chi connectivity index (χ1v) is 9.84.